The van der Waals surface area contributed by atoms with Gasteiger partial charge in [0.25, 0.3) is 0 Å². The minimum atomic E-state index is 0.0191. The number of hydrogen-bond donors (Lipinski definition) is 1. The third-order valence-corrected chi connectivity index (χ3v) is 4.42. The first-order chi connectivity index (χ1) is 10.9. The van der Waals surface area contributed by atoms with Crippen LogP contribution in [0.15, 0.2) is 60.0 Å². The first-order valence-electron chi connectivity index (χ1n) is 7.88. The molecule has 0 aliphatic rings. The zero-order valence-electron chi connectivity index (χ0n) is 14.1. The summed E-state index contributed by atoms with van der Waals surface area (Å²) >= 11 is 1.75. The van der Waals surface area contributed by atoms with Gasteiger partial charge in [-0.3, -0.25) is 5.32 Å². The third-order valence-electron chi connectivity index (χ3n) is 3.57. The van der Waals surface area contributed by atoms with Crippen LogP contribution in [0.2, 0.25) is 0 Å². The molecule has 0 fully saturated rings. The van der Waals surface area contributed by atoms with Crippen molar-refractivity contribution < 1.29 is 4.57 Å². The van der Waals surface area contributed by atoms with Gasteiger partial charge in [-0.2, -0.15) is 4.57 Å². The number of aryl methyl sites for hydroxylation is 1. The minimum Gasteiger partial charge on any atom is -0.260 e. The van der Waals surface area contributed by atoms with E-state index in [-0.39, 0.29) is 5.54 Å². The molecule has 0 aliphatic heterocycles. The van der Waals surface area contributed by atoms with Crippen LogP contribution in [0.1, 0.15) is 26.3 Å². The Kier molecular flexibility index (Phi) is 4.22. The molecule has 0 bridgehead atoms. The molecule has 0 amide bonds. The first kappa shape index (κ1) is 15.8. The van der Waals surface area contributed by atoms with E-state index in [1.165, 1.54) is 22.5 Å². The van der Waals surface area contributed by atoms with E-state index in [9.17, 15) is 0 Å². The fourth-order valence-electron chi connectivity index (χ4n) is 2.49. The molecule has 3 rings (SSSR count). The van der Waals surface area contributed by atoms with Crippen LogP contribution in [0, 0.1) is 6.92 Å². The van der Waals surface area contributed by atoms with Gasteiger partial charge in [-0.15, -0.1) is 0 Å². The number of hydrogen-bond acceptors (Lipinski definition) is 2. The standard InChI is InChI=1S/C20H22N2S/c1-15-10-12-17(13-11-15)22-18(16-8-6-5-7-9-16)14-23-19(22)21-20(2,3)4/h5-14H,1-4H3/p+1. The molecule has 0 atom stereocenters. The largest absolute Gasteiger partial charge is 0.339 e. The fourth-order valence-corrected chi connectivity index (χ4v) is 3.63. The number of rotatable bonds is 3. The highest BCUT2D eigenvalue weighted by atomic mass is 32.1. The predicted molar refractivity (Wildman–Crippen MR) is 99.4 cm³/mol. The average molecular weight is 323 g/mol. The lowest BCUT2D eigenvalue weighted by molar-refractivity contribution is -0.564. The van der Waals surface area contributed by atoms with Gasteiger partial charge in [-0.25, -0.2) is 0 Å². The van der Waals surface area contributed by atoms with E-state index in [1.807, 2.05) is 0 Å². The Morgan fingerprint density at radius 1 is 0.913 bits per heavy atom. The van der Waals surface area contributed by atoms with Gasteiger partial charge in [0.1, 0.15) is 5.69 Å². The molecule has 0 saturated carbocycles. The summed E-state index contributed by atoms with van der Waals surface area (Å²) in [4.78, 5) is 0. The normalized spacial score (nSPS) is 11.5. The first-order valence-corrected chi connectivity index (χ1v) is 8.76. The smallest absolute Gasteiger partial charge is 0.260 e. The monoisotopic (exact) mass is 323 g/mol. The van der Waals surface area contributed by atoms with Crippen molar-refractivity contribution in [3.05, 3.63) is 65.5 Å². The van der Waals surface area contributed by atoms with E-state index in [0.29, 0.717) is 0 Å². The minimum absolute atomic E-state index is 0.0191. The molecule has 118 valence electrons. The van der Waals surface area contributed by atoms with E-state index in [0.717, 1.165) is 5.13 Å². The predicted octanol–water partition coefficient (Wildman–Crippen LogP) is 5.21. The Balaban J connectivity index is 2.16. The molecule has 1 N–H and O–H groups in total. The van der Waals surface area contributed by atoms with E-state index < -0.39 is 0 Å². The number of benzene rings is 2. The number of aromatic nitrogens is 1. The summed E-state index contributed by atoms with van der Waals surface area (Å²) < 4.78 is 2.31. The second-order valence-electron chi connectivity index (χ2n) is 6.84. The van der Waals surface area contributed by atoms with Gasteiger partial charge in [-0.05, 0) is 39.8 Å². The second kappa shape index (κ2) is 6.17. The maximum atomic E-state index is 3.63. The Labute approximate surface area is 142 Å². The molecule has 2 nitrogen and oxygen atoms in total. The molecule has 3 aromatic rings. The van der Waals surface area contributed by atoms with E-state index in [4.69, 9.17) is 0 Å². The topological polar surface area (TPSA) is 15.9 Å². The highest BCUT2D eigenvalue weighted by Crippen LogP contribution is 2.27. The molecule has 1 aromatic heterocycles. The zero-order valence-corrected chi connectivity index (χ0v) is 14.9. The van der Waals surface area contributed by atoms with Gasteiger partial charge in [0.15, 0.2) is 5.69 Å². The second-order valence-corrected chi connectivity index (χ2v) is 7.70. The van der Waals surface area contributed by atoms with Crippen molar-refractivity contribution in [2.45, 2.75) is 33.2 Å². The Bertz CT molecular complexity index is 781. The average Bonchev–Trinajstić information content (AvgIpc) is 2.90. The van der Waals surface area contributed by atoms with Crippen LogP contribution in [0.5, 0.6) is 0 Å². The van der Waals surface area contributed by atoms with Crippen LogP contribution in [0.3, 0.4) is 0 Å². The third kappa shape index (κ3) is 3.62. The molecule has 23 heavy (non-hydrogen) atoms. The lowest BCUT2D eigenvalue weighted by Crippen LogP contribution is -2.38. The Morgan fingerprint density at radius 3 is 2.17 bits per heavy atom. The molecule has 0 saturated heterocycles. The van der Waals surface area contributed by atoms with Gasteiger partial charge in [0.05, 0.1) is 5.54 Å². The van der Waals surface area contributed by atoms with Gasteiger partial charge >= 0.3 is 5.13 Å². The quantitative estimate of drug-likeness (QED) is 0.654. The van der Waals surface area contributed by atoms with Crippen molar-refractivity contribution in [1.29, 1.82) is 0 Å². The maximum absolute atomic E-state index is 3.63. The van der Waals surface area contributed by atoms with Crippen LogP contribution in [-0.2, 0) is 0 Å². The van der Waals surface area contributed by atoms with Crippen LogP contribution in [0.4, 0.5) is 5.13 Å². The van der Waals surface area contributed by atoms with E-state index >= 15 is 0 Å². The Hall–Kier alpha value is -2.13. The number of nitrogens with zero attached hydrogens (tertiary/aromatic N) is 1. The summed E-state index contributed by atoms with van der Waals surface area (Å²) in [5.74, 6) is 0. The van der Waals surface area contributed by atoms with Crippen LogP contribution < -0.4 is 9.88 Å². The van der Waals surface area contributed by atoms with Gasteiger partial charge < -0.3 is 0 Å². The zero-order chi connectivity index (χ0) is 16.4. The summed E-state index contributed by atoms with van der Waals surface area (Å²) in [6.45, 7) is 8.69. The van der Waals surface area contributed by atoms with Gasteiger partial charge in [0.2, 0.25) is 0 Å². The van der Waals surface area contributed by atoms with Crippen molar-refractivity contribution in [2.24, 2.45) is 0 Å². The van der Waals surface area contributed by atoms with E-state index in [1.54, 1.807) is 11.3 Å². The summed E-state index contributed by atoms with van der Waals surface area (Å²) in [6, 6.07) is 19.2. The van der Waals surface area contributed by atoms with Crippen molar-refractivity contribution in [3.8, 4) is 16.9 Å². The molecule has 0 unspecified atom stereocenters. The lowest BCUT2D eigenvalue weighted by atomic mass is 10.1. The summed E-state index contributed by atoms with van der Waals surface area (Å²) in [5, 5.41) is 7.01. The molecule has 2 aromatic carbocycles. The van der Waals surface area contributed by atoms with Crippen molar-refractivity contribution >= 4 is 16.5 Å². The highest BCUT2D eigenvalue weighted by Gasteiger charge is 2.25. The molecule has 0 spiro atoms. The summed E-state index contributed by atoms with van der Waals surface area (Å²) in [7, 11) is 0. The molecule has 0 radical (unpaired) electrons. The molecular weight excluding hydrogens is 300 g/mol. The van der Waals surface area contributed by atoms with Crippen LogP contribution in [-0.4, -0.2) is 5.54 Å². The summed E-state index contributed by atoms with van der Waals surface area (Å²) in [5.41, 5.74) is 4.92. The molecule has 0 aliphatic carbocycles. The Morgan fingerprint density at radius 2 is 1.57 bits per heavy atom. The molecule has 1 heterocycles. The highest BCUT2D eigenvalue weighted by molar-refractivity contribution is 7.13. The van der Waals surface area contributed by atoms with Crippen molar-refractivity contribution in [1.82, 2.24) is 0 Å². The lowest BCUT2D eigenvalue weighted by Gasteiger charge is -2.15. The molecule has 3 heteroatoms. The van der Waals surface area contributed by atoms with Crippen LogP contribution in [0.25, 0.3) is 16.9 Å². The summed E-state index contributed by atoms with van der Waals surface area (Å²) in [6.07, 6.45) is 0. The van der Waals surface area contributed by atoms with Crippen molar-refractivity contribution in [2.75, 3.05) is 5.32 Å². The van der Waals surface area contributed by atoms with Gasteiger partial charge in [-0.1, -0.05) is 59.4 Å². The van der Waals surface area contributed by atoms with Gasteiger partial charge in [0, 0.05) is 10.9 Å². The molecular formula is C20H23N2S+. The SMILES string of the molecule is Cc1ccc(-[n+]2c(-c3ccccc3)csc2NC(C)(C)C)cc1. The fraction of sp³-hybridized carbons (Fsp3) is 0.250. The van der Waals surface area contributed by atoms with Crippen LogP contribution >= 0.6 is 11.3 Å². The number of nitrogens with one attached hydrogen (secondary N) is 1. The number of anilines is 1. The van der Waals surface area contributed by atoms with E-state index in [2.05, 4.69) is 97.6 Å². The number of thiazole rings is 1. The van der Waals surface area contributed by atoms with Crippen molar-refractivity contribution in [3.63, 3.8) is 0 Å². The maximum Gasteiger partial charge on any atom is 0.339 e.